The third-order valence-electron chi connectivity index (χ3n) is 4.62. The van der Waals surface area contributed by atoms with Crippen LogP contribution >= 0.6 is 22.9 Å². The maximum Gasteiger partial charge on any atom is 0.176 e. The van der Waals surface area contributed by atoms with Crippen molar-refractivity contribution in [1.82, 2.24) is 10.2 Å². The molecule has 6 heteroatoms. The van der Waals surface area contributed by atoms with Crippen molar-refractivity contribution in [2.24, 2.45) is 0 Å². The van der Waals surface area contributed by atoms with Gasteiger partial charge in [-0.25, -0.2) is 0 Å². The number of benzene rings is 1. The standard InChI is InChI=1S/C20H23ClN2O2S/c1-3-14(2)22-13-25-20-10-15-11-23(9-8-19(15)26-20)18(12-24)16-6-4-5-7-17(16)21/h3-7,10,12,18,22H,8-9,11,13H2,1-2H3/b14-3-. The second-order valence-electron chi connectivity index (χ2n) is 6.27. The number of rotatable bonds is 7. The second-order valence-corrected chi connectivity index (χ2v) is 7.78. The molecule has 1 unspecified atom stereocenters. The number of aldehydes is 1. The normalized spacial score (nSPS) is 16.0. The lowest BCUT2D eigenvalue weighted by molar-refractivity contribution is -0.113. The molecule has 1 aliphatic heterocycles. The van der Waals surface area contributed by atoms with Crippen LogP contribution in [0.1, 0.15) is 35.9 Å². The average Bonchev–Trinajstić information content (AvgIpc) is 3.05. The molecule has 0 radical (unpaired) electrons. The van der Waals surface area contributed by atoms with Crippen LogP contribution in [0.5, 0.6) is 5.06 Å². The number of carbonyl (C=O) groups is 1. The summed E-state index contributed by atoms with van der Waals surface area (Å²) in [6.07, 6.45) is 3.91. The van der Waals surface area contributed by atoms with E-state index in [0.29, 0.717) is 11.8 Å². The first-order valence-corrected chi connectivity index (χ1v) is 9.86. The van der Waals surface area contributed by atoms with Crippen molar-refractivity contribution in [2.75, 3.05) is 13.3 Å². The maximum atomic E-state index is 11.8. The smallest absolute Gasteiger partial charge is 0.176 e. The highest BCUT2D eigenvalue weighted by Crippen LogP contribution is 2.36. The summed E-state index contributed by atoms with van der Waals surface area (Å²) in [5.41, 5.74) is 3.19. The zero-order chi connectivity index (χ0) is 18.5. The summed E-state index contributed by atoms with van der Waals surface area (Å²) in [6.45, 7) is 6.01. The zero-order valence-corrected chi connectivity index (χ0v) is 16.6. The van der Waals surface area contributed by atoms with E-state index in [2.05, 4.69) is 16.3 Å². The Labute approximate surface area is 163 Å². The van der Waals surface area contributed by atoms with E-state index in [-0.39, 0.29) is 6.04 Å². The number of nitrogens with zero attached hydrogens (tertiary/aromatic N) is 1. The number of hydrogen-bond donors (Lipinski definition) is 1. The van der Waals surface area contributed by atoms with Crippen LogP contribution in [0.15, 0.2) is 42.1 Å². The lowest BCUT2D eigenvalue weighted by Gasteiger charge is -2.31. The van der Waals surface area contributed by atoms with Gasteiger partial charge in [0.1, 0.15) is 6.29 Å². The number of nitrogens with one attached hydrogen (secondary N) is 1. The number of ether oxygens (including phenoxy) is 1. The van der Waals surface area contributed by atoms with Crippen molar-refractivity contribution in [2.45, 2.75) is 32.9 Å². The van der Waals surface area contributed by atoms with Crippen LogP contribution in [0, 0.1) is 0 Å². The van der Waals surface area contributed by atoms with E-state index in [9.17, 15) is 4.79 Å². The van der Waals surface area contributed by atoms with Gasteiger partial charge in [-0.05, 0) is 43.5 Å². The summed E-state index contributed by atoms with van der Waals surface area (Å²) in [7, 11) is 0. The molecule has 2 aromatic rings. The zero-order valence-electron chi connectivity index (χ0n) is 15.0. The van der Waals surface area contributed by atoms with Gasteiger partial charge in [-0.1, -0.05) is 35.9 Å². The van der Waals surface area contributed by atoms with E-state index in [1.807, 2.05) is 44.2 Å². The van der Waals surface area contributed by atoms with Gasteiger partial charge in [0, 0.05) is 28.7 Å². The van der Waals surface area contributed by atoms with Gasteiger partial charge in [-0.2, -0.15) is 0 Å². The van der Waals surface area contributed by atoms with Crippen LogP contribution in [0.3, 0.4) is 0 Å². The van der Waals surface area contributed by atoms with Gasteiger partial charge >= 0.3 is 0 Å². The van der Waals surface area contributed by atoms with Gasteiger partial charge in [0.25, 0.3) is 0 Å². The van der Waals surface area contributed by atoms with Crippen LogP contribution in [0.4, 0.5) is 0 Å². The Morgan fingerprint density at radius 2 is 2.27 bits per heavy atom. The second kappa shape index (κ2) is 8.71. The van der Waals surface area contributed by atoms with E-state index in [1.165, 1.54) is 10.4 Å². The summed E-state index contributed by atoms with van der Waals surface area (Å²) >= 11 is 7.99. The van der Waals surface area contributed by atoms with Crippen molar-refractivity contribution in [3.05, 3.63) is 63.1 Å². The third-order valence-corrected chi connectivity index (χ3v) is 6.11. The molecule has 0 saturated carbocycles. The van der Waals surface area contributed by atoms with Gasteiger partial charge in [-0.15, -0.1) is 11.3 Å². The fourth-order valence-corrected chi connectivity index (χ4v) is 4.29. The minimum absolute atomic E-state index is 0.319. The van der Waals surface area contributed by atoms with E-state index < -0.39 is 0 Å². The highest BCUT2D eigenvalue weighted by Gasteiger charge is 2.27. The van der Waals surface area contributed by atoms with Crippen LogP contribution in [0.2, 0.25) is 5.02 Å². The topological polar surface area (TPSA) is 41.6 Å². The lowest BCUT2D eigenvalue weighted by atomic mass is 10.0. The predicted molar refractivity (Wildman–Crippen MR) is 107 cm³/mol. The van der Waals surface area contributed by atoms with Crippen LogP contribution < -0.4 is 10.1 Å². The Balaban J connectivity index is 1.69. The van der Waals surface area contributed by atoms with E-state index in [0.717, 1.165) is 42.1 Å². The summed E-state index contributed by atoms with van der Waals surface area (Å²) in [5, 5.41) is 4.74. The molecule has 0 fully saturated rings. The summed E-state index contributed by atoms with van der Waals surface area (Å²) in [5.74, 6) is 0. The van der Waals surface area contributed by atoms with Gasteiger partial charge in [-0.3, -0.25) is 4.90 Å². The molecular formula is C20H23ClN2O2S. The number of carbonyl (C=O) groups excluding carboxylic acids is 1. The van der Waals surface area contributed by atoms with Gasteiger partial charge in [0.2, 0.25) is 0 Å². The molecule has 3 rings (SSSR count). The fourth-order valence-electron chi connectivity index (χ4n) is 3.03. The van der Waals surface area contributed by atoms with Gasteiger partial charge in [0.15, 0.2) is 11.8 Å². The molecule has 0 aliphatic carbocycles. The van der Waals surface area contributed by atoms with E-state index in [1.54, 1.807) is 11.3 Å². The Morgan fingerprint density at radius 3 is 3.00 bits per heavy atom. The Bertz CT molecular complexity index is 803. The molecule has 1 atom stereocenters. The third kappa shape index (κ3) is 4.29. The molecular weight excluding hydrogens is 368 g/mol. The SMILES string of the molecule is C/C=C(/C)NCOc1cc2c(s1)CCN(C(C=O)c1ccccc1Cl)C2. The molecule has 0 saturated heterocycles. The number of fused-ring (bicyclic) bond motifs is 1. The molecule has 0 bridgehead atoms. The number of thiophene rings is 1. The first-order valence-electron chi connectivity index (χ1n) is 8.67. The highest BCUT2D eigenvalue weighted by molar-refractivity contribution is 7.14. The number of hydrogen-bond acceptors (Lipinski definition) is 5. The monoisotopic (exact) mass is 390 g/mol. The first kappa shape index (κ1) is 19.0. The molecule has 1 N–H and O–H groups in total. The molecule has 1 aromatic carbocycles. The average molecular weight is 391 g/mol. The van der Waals surface area contributed by atoms with Crippen molar-refractivity contribution < 1.29 is 9.53 Å². The van der Waals surface area contributed by atoms with Crippen molar-refractivity contribution in [1.29, 1.82) is 0 Å². The molecule has 1 aromatic heterocycles. The Kier molecular flexibility index (Phi) is 6.35. The molecule has 26 heavy (non-hydrogen) atoms. The van der Waals surface area contributed by atoms with Gasteiger partial charge in [0.05, 0.1) is 6.04 Å². The highest BCUT2D eigenvalue weighted by atomic mass is 35.5. The molecule has 0 spiro atoms. The molecule has 2 heterocycles. The van der Waals surface area contributed by atoms with E-state index >= 15 is 0 Å². The fraction of sp³-hybridized carbons (Fsp3) is 0.350. The summed E-state index contributed by atoms with van der Waals surface area (Å²) in [4.78, 5) is 15.3. The van der Waals surface area contributed by atoms with E-state index in [4.69, 9.17) is 16.3 Å². The number of allylic oxidation sites excluding steroid dienone is 2. The largest absolute Gasteiger partial charge is 0.464 e. The van der Waals surface area contributed by atoms with Crippen LogP contribution in [0.25, 0.3) is 0 Å². The Morgan fingerprint density at radius 1 is 1.46 bits per heavy atom. The van der Waals surface area contributed by atoms with Gasteiger partial charge < -0.3 is 14.8 Å². The molecule has 1 aliphatic rings. The maximum absolute atomic E-state index is 11.8. The molecule has 0 amide bonds. The van der Waals surface area contributed by atoms with Crippen LogP contribution in [-0.2, 0) is 17.8 Å². The minimum Gasteiger partial charge on any atom is -0.464 e. The van der Waals surface area contributed by atoms with Crippen molar-refractivity contribution >= 4 is 29.2 Å². The minimum atomic E-state index is -0.319. The lowest BCUT2D eigenvalue weighted by Crippen LogP contribution is -2.34. The molecule has 138 valence electrons. The van der Waals surface area contributed by atoms with Crippen molar-refractivity contribution in [3.8, 4) is 5.06 Å². The summed E-state index contributed by atoms with van der Waals surface area (Å²) in [6, 6.07) is 9.33. The number of halogens is 1. The summed E-state index contributed by atoms with van der Waals surface area (Å²) < 4.78 is 5.81. The van der Waals surface area contributed by atoms with Crippen molar-refractivity contribution in [3.63, 3.8) is 0 Å². The predicted octanol–water partition coefficient (Wildman–Crippen LogP) is 4.55. The quantitative estimate of drug-likeness (QED) is 0.556. The molecule has 4 nitrogen and oxygen atoms in total. The first-order chi connectivity index (χ1) is 12.6. The van der Waals surface area contributed by atoms with Crippen LogP contribution in [-0.4, -0.2) is 24.5 Å². The Hall–Kier alpha value is -1.82.